The molecule has 5 heteroatoms. The number of ether oxygens (including phenoxy) is 1. The molecule has 0 fully saturated rings. The Labute approximate surface area is 111 Å². The van der Waals surface area contributed by atoms with Gasteiger partial charge in [-0.15, -0.1) is 0 Å². The molecule has 19 heavy (non-hydrogen) atoms. The van der Waals surface area contributed by atoms with Gasteiger partial charge in [0.05, 0.1) is 19.1 Å². The van der Waals surface area contributed by atoms with Gasteiger partial charge < -0.3 is 14.9 Å². The number of hydrogen-bond donors (Lipinski definition) is 2. The first kappa shape index (κ1) is 15.4. The van der Waals surface area contributed by atoms with Gasteiger partial charge in [-0.25, -0.2) is 4.39 Å². The largest absolute Gasteiger partial charge is 0.494 e. The van der Waals surface area contributed by atoms with Crippen molar-refractivity contribution in [2.24, 2.45) is 5.92 Å². The van der Waals surface area contributed by atoms with Gasteiger partial charge in [0.15, 0.2) is 11.6 Å². The molecular weight excluding hydrogens is 251 g/mol. The summed E-state index contributed by atoms with van der Waals surface area (Å²) >= 11 is 0. The minimum Gasteiger partial charge on any atom is -0.494 e. The van der Waals surface area contributed by atoms with Gasteiger partial charge >= 0.3 is 5.97 Å². The van der Waals surface area contributed by atoms with Gasteiger partial charge in [-0.1, -0.05) is 25.8 Å². The third-order valence-electron chi connectivity index (χ3n) is 3.08. The highest BCUT2D eigenvalue weighted by Crippen LogP contribution is 2.29. The number of carbonyl (C=O) groups is 1. The van der Waals surface area contributed by atoms with E-state index in [4.69, 9.17) is 9.84 Å². The molecule has 1 rings (SSSR count). The van der Waals surface area contributed by atoms with Crippen molar-refractivity contribution in [1.29, 1.82) is 0 Å². The van der Waals surface area contributed by atoms with Crippen molar-refractivity contribution in [2.75, 3.05) is 7.11 Å². The summed E-state index contributed by atoms with van der Waals surface area (Å²) in [6.45, 7) is 1.94. The van der Waals surface area contributed by atoms with E-state index in [1.807, 2.05) is 6.92 Å². The molecule has 0 bridgehead atoms. The molecule has 2 atom stereocenters. The van der Waals surface area contributed by atoms with E-state index >= 15 is 0 Å². The lowest BCUT2D eigenvalue weighted by atomic mass is 9.91. The molecule has 0 aliphatic rings. The SMILES string of the molecule is CCCCC(C(=O)O)C(O)c1ccc(OC)c(F)c1. The van der Waals surface area contributed by atoms with Crippen LogP contribution in [0.3, 0.4) is 0 Å². The average molecular weight is 270 g/mol. The zero-order chi connectivity index (χ0) is 14.4. The van der Waals surface area contributed by atoms with Crippen molar-refractivity contribution in [3.63, 3.8) is 0 Å². The number of methoxy groups -OCH3 is 1. The van der Waals surface area contributed by atoms with Gasteiger partial charge in [-0.3, -0.25) is 4.79 Å². The highest BCUT2D eigenvalue weighted by atomic mass is 19.1. The Bertz CT molecular complexity index is 433. The minimum atomic E-state index is -1.22. The molecule has 0 amide bonds. The zero-order valence-corrected chi connectivity index (χ0v) is 11.1. The predicted molar refractivity (Wildman–Crippen MR) is 68.6 cm³/mol. The van der Waals surface area contributed by atoms with E-state index in [0.717, 1.165) is 12.5 Å². The molecule has 0 aromatic heterocycles. The number of aliphatic carboxylic acids is 1. The second-order valence-corrected chi connectivity index (χ2v) is 4.43. The second kappa shape index (κ2) is 7.09. The maximum absolute atomic E-state index is 13.5. The Hall–Kier alpha value is -1.62. The predicted octanol–water partition coefficient (Wildman–Crippen LogP) is 2.76. The van der Waals surface area contributed by atoms with Crippen LogP contribution in [-0.2, 0) is 4.79 Å². The van der Waals surface area contributed by atoms with Crippen LogP contribution in [0.5, 0.6) is 5.75 Å². The Morgan fingerprint density at radius 2 is 2.16 bits per heavy atom. The van der Waals surface area contributed by atoms with Crippen LogP contribution in [0.25, 0.3) is 0 Å². The maximum Gasteiger partial charge on any atom is 0.309 e. The molecular formula is C14H19FO4. The number of carboxylic acid groups (broad SMARTS) is 1. The fourth-order valence-corrected chi connectivity index (χ4v) is 1.94. The van der Waals surface area contributed by atoms with Crippen molar-refractivity contribution in [2.45, 2.75) is 32.3 Å². The van der Waals surface area contributed by atoms with Crippen LogP contribution >= 0.6 is 0 Å². The van der Waals surface area contributed by atoms with Crippen LogP contribution in [-0.4, -0.2) is 23.3 Å². The van der Waals surface area contributed by atoms with Crippen molar-refractivity contribution in [3.8, 4) is 5.75 Å². The van der Waals surface area contributed by atoms with Crippen LogP contribution < -0.4 is 4.74 Å². The average Bonchev–Trinajstić information content (AvgIpc) is 2.38. The van der Waals surface area contributed by atoms with Crippen LogP contribution in [0, 0.1) is 11.7 Å². The van der Waals surface area contributed by atoms with Gasteiger partial charge in [0.1, 0.15) is 0 Å². The molecule has 0 saturated heterocycles. The second-order valence-electron chi connectivity index (χ2n) is 4.43. The summed E-state index contributed by atoms with van der Waals surface area (Å²) in [5.74, 6) is -2.54. The molecule has 0 saturated carbocycles. The number of halogens is 1. The number of carboxylic acids is 1. The van der Waals surface area contributed by atoms with Gasteiger partial charge in [-0.05, 0) is 24.1 Å². The van der Waals surface area contributed by atoms with E-state index in [1.165, 1.54) is 19.2 Å². The standard InChI is InChI=1S/C14H19FO4/c1-3-4-5-10(14(17)18)13(16)9-6-7-12(19-2)11(15)8-9/h6-8,10,13,16H,3-5H2,1-2H3,(H,17,18). The van der Waals surface area contributed by atoms with Crippen molar-refractivity contribution in [3.05, 3.63) is 29.6 Å². The van der Waals surface area contributed by atoms with Crippen molar-refractivity contribution < 1.29 is 24.1 Å². The van der Waals surface area contributed by atoms with E-state index in [-0.39, 0.29) is 11.3 Å². The number of aliphatic hydroxyl groups excluding tert-OH is 1. The number of unbranched alkanes of at least 4 members (excludes halogenated alkanes) is 1. The summed E-state index contributed by atoms with van der Waals surface area (Å²) in [4.78, 5) is 11.1. The molecule has 2 unspecified atom stereocenters. The van der Waals surface area contributed by atoms with E-state index in [2.05, 4.69) is 0 Å². The third kappa shape index (κ3) is 3.92. The summed E-state index contributed by atoms with van der Waals surface area (Å²) in [7, 11) is 1.34. The molecule has 1 aromatic rings. The summed E-state index contributed by atoms with van der Waals surface area (Å²) in [5, 5.41) is 19.2. The van der Waals surface area contributed by atoms with Crippen LogP contribution in [0.2, 0.25) is 0 Å². The Kier molecular flexibility index (Phi) is 5.76. The van der Waals surface area contributed by atoms with Gasteiger partial charge in [0.25, 0.3) is 0 Å². The molecule has 2 N–H and O–H groups in total. The normalized spacial score (nSPS) is 13.9. The molecule has 0 aliphatic heterocycles. The van der Waals surface area contributed by atoms with E-state index < -0.39 is 23.8 Å². The molecule has 0 heterocycles. The lowest BCUT2D eigenvalue weighted by Crippen LogP contribution is -2.22. The number of benzene rings is 1. The summed E-state index contributed by atoms with van der Waals surface area (Å²) < 4.78 is 18.3. The summed E-state index contributed by atoms with van der Waals surface area (Å²) in [6, 6.07) is 3.98. The highest BCUT2D eigenvalue weighted by molar-refractivity contribution is 5.71. The Balaban J connectivity index is 2.92. The fraction of sp³-hybridized carbons (Fsp3) is 0.500. The summed E-state index contributed by atoms with van der Waals surface area (Å²) in [5.41, 5.74) is 0.252. The first-order valence-corrected chi connectivity index (χ1v) is 6.25. The van der Waals surface area contributed by atoms with Crippen LogP contribution in [0.1, 0.15) is 37.9 Å². The first-order valence-electron chi connectivity index (χ1n) is 6.25. The Morgan fingerprint density at radius 1 is 1.47 bits per heavy atom. The highest BCUT2D eigenvalue weighted by Gasteiger charge is 2.27. The van der Waals surface area contributed by atoms with Crippen LogP contribution in [0.4, 0.5) is 4.39 Å². The molecule has 0 aliphatic carbocycles. The molecule has 106 valence electrons. The van der Waals surface area contributed by atoms with Crippen LogP contribution in [0.15, 0.2) is 18.2 Å². The molecule has 1 aromatic carbocycles. The molecule has 0 spiro atoms. The summed E-state index contributed by atoms with van der Waals surface area (Å²) in [6.07, 6.45) is 0.685. The monoisotopic (exact) mass is 270 g/mol. The number of hydrogen-bond acceptors (Lipinski definition) is 3. The van der Waals surface area contributed by atoms with Gasteiger partial charge in [0, 0.05) is 0 Å². The number of aliphatic hydroxyl groups is 1. The fourth-order valence-electron chi connectivity index (χ4n) is 1.94. The van der Waals surface area contributed by atoms with E-state index in [0.29, 0.717) is 12.8 Å². The molecule has 4 nitrogen and oxygen atoms in total. The molecule has 0 radical (unpaired) electrons. The van der Waals surface area contributed by atoms with Gasteiger partial charge in [-0.2, -0.15) is 0 Å². The van der Waals surface area contributed by atoms with Crippen molar-refractivity contribution >= 4 is 5.97 Å². The minimum absolute atomic E-state index is 0.0661. The van der Waals surface area contributed by atoms with E-state index in [9.17, 15) is 14.3 Å². The van der Waals surface area contributed by atoms with E-state index in [1.54, 1.807) is 0 Å². The lowest BCUT2D eigenvalue weighted by molar-refractivity contribution is -0.146. The quantitative estimate of drug-likeness (QED) is 0.799. The lowest BCUT2D eigenvalue weighted by Gasteiger charge is -2.19. The Morgan fingerprint density at radius 3 is 2.63 bits per heavy atom. The smallest absolute Gasteiger partial charge is 0.309 e. The van der Waals surface area contributed by atoms with Gasteiger partial charge in [0.2, 0.25) is 0 Å². The maximum atomic E-state index is 13.5. The number of rotatable bonds is 7. The first-order chi connectivity index (χ1) is 9.01. The zero-order valence-electron chi connectivity index (χ0n) is 11.1. The topological polar surface area (TPSA) is 66.8 Å². The third-order valence-corrected chi connectivity index (χ3v) is 3.08. The van der Waals surface area contributed by atoms with Crippen molar-refractivity contribution in [1.82, 2.24) is 0 Å².